The summed E-state index contributed by atoms with van der Waals surface area (Å²) in [6, 6.07) is 13.6. The Balaban J connectivity index is 1.74. The second-order valence-electron chi connectivity index (χ2n) is 5.32. The first-order valence-electron chi connectivity index (χ1n) is 7.43. The maximum atomic E-state index is 12.9. The number of carbonyl (C=O) groups excluding carboxylic acids is 1. The molecule has 1 heterocycles. The van der Waals surface area contributed by atoms with Crippen LogP contribution in [0.2, 0.25) is 0 Å². The van der Waals surface area contributed by atoms with Crippen LogP contribution in [0.1, 0.15) is 17.5 Å². The van der Waals surface area contributed by atoms with E-state index in [1.807, 2.05) is 24.3 Å². The molecule has 3 rings (SSSR count). The van der Waals surface area contributed by atoms with Crippen molar-refractivity contribution in [3.63, 3.8) is 0 Å². The number of halogens is 1. The number of carbonyl (C=O) groups is 1. The van der Waals surface area contributed by atoms with Gasteiger partial charge in [-0.3, -0.25) is 4.79 Å². The summed E-state index contributed by atoms with van der Waals surface area (Å²) >= 11 is 0. The van der Waals surface area contributed by atoms with Crippen molar-refractivity contribution in [2.45, 2.75) is 12.8 Å². The predicted octanol–water partition coefficient (Wildman–Crippen LogP) is 3.01. The van der Waals surface area contributed by atoms with Crippen LogP contribution in [0, 0.1) is 5.82 Å². The van der Waals surface area contributed by atoms with E-state index in [0.717, 1.165) is 22.6 Å². The first kappa shape index (κ1) is 15.2. The van der Waals surface area contributed by atoms with E-state index in [9.17, 15) is 9.18 Å². The lowest BCUT2D eigenvalue weighted by Crippen LogP contribution is -2.25. The fraction of sp³-hybridized carbons (Fsp3) is 0.222. The van der Waals surface area contributed by atoms with Crippen molar-refractivity contribution in [2.75, 3.05) is 13.7 Å². The van der Waals surface area contributed by atoms with Gasteiger partial charge < -0.3 is 4.74 Å². The number of ether oxygens (including phenoxy) is 1. The molecule has 4 nitrogen and oxygen atoms in total. The lowest BCUT2D eigenvalue weighted by molar-refractivity contribution is -0.130. The first-order chi connectivity index (χ1) is 11.2. The monoisotopic (exact) mass is 312 g/mol. The van der Waals surface area contributed by atoms with Gasteiger partial charge in [0.1, 0.15) is 11.6 Å². The van der Waals surface area contributed by atoms with Crippen molar-refractivity contribution < 1.29 is 13.9 Å². The molecule has 23 heavy (non-hydrogen) atoms. The molecule has 1 aliphatic rings. The third-order valence-corrected chi connectivity index (χ3v) is 3.78. The highest BCUT2D eigenvalue weighted by Gasteiger charge is 2.23. The smallest absolute Gasteiger partial charge is 0.247 e. The van der Waals surface area contributed by atoms with Crippen molar-refractivity contribution in [1.82, 2.24) is 5.01 Å². The van der Waals surface area contributed by atoms with Crippen LogP contribution >= 0.6 is 0 Å². The first-order valence-corrected chi connectivity index (χ1v) is 7.43. The number of amides is 1. The lowest BCUT2D eigenvalue weighted by atomic mass is 10.1. The minimum Gasteiger partial charge on any atom is -0.496 e. The van der Waals surface area contributed by atoms with Gasteiger partial charge in [0, 0.05) is 12.0 Å². The van der Waals surface area contributed by atoms with Gasteiger partial charge in [-0.15, -0.1) is 0 Å². The maximum Gasteiger partial charge on any atom is 0.247 e. The van der Waals surface area contributed by atoms with Crippen LogP contribution < -0.4 is 4.74 Å². The Labute approximate surface area is 134 Å². The Hall–Kier alpha value is -2.69. The third-order valence-electron chi connectivity index (χ3n) is 3.78. The molecule has 0 saturated heterocycles. The topological polar surface area (TPSA) is 41.9 Å². The molecule has 0 N–H and O–H groups in total. The van der Waals surface area contributed by atoms with Crippen LogP contribution in [0.3, 0.4) is 0 Å². The number of hydrogen-bond donors (Lipinski definition) is 0. The standard InChI is InChI=1S/C18H17FN2O2/c1-23-17-5-3-2-4-15(17)16-10-11-21(20-16)18(22)12-13-6-8-14(19)9-7-13/h2-9H,10-12H2,1H3. The number of methoxy groups -OCH3 is 1. The van der Waals surface area contributed by atoms with Crippen LogP contribution in [-0.2, 0) is 11.2 Å². The molecule has 2 aromatic carbocycles. The third kappa shape index (κ3) is 3.39. The predicted molar refractivity (Wildman–Crippen MR) is 86.0 cm³/mol. The summed E-state index contributed by atoms with van der Waals surface area (Å²) in [6.45, 7) is 0.549. The Kier molecular flexibility index (Phi) is 4.37. The molecule has 0 saturated carbocycles. The number of hydrogen-bond acceptors (Lipinski definition) is 3. The second kappa shape index (κ2) is 6.60. The van der Waals surface area contributed by atoms with Gasteiger partial charge in [0.2, 0.25) is 5.91 Å². The number of hydrazone groups is 1. The molecule has 1 aliphatic heterocycles. The minimum atomic E-state index is -0.307. The van der Waals surface area contributed by atoms with Crippen molar-refractivity contribution in [3.05, 3.63) is 65.5 Å². The highest BCUT2D eigenvalue weighted by Crippen LogP contribution is 2.23. The number of nitrogens with zero attached hydrogens (tertiary/aromatic N) is 2. The van der Waals surface area contributed by atoms with E-state index < -0.39 is 0 Å². The minimum absolute atomic E-state index is 0.0958. The van der Waals surface area contributed by atoms with Crippen LogP contribution in [0.5, 0.6) is 5.75 Å². The van der Waals surface area contributed by atoms with E-state index in [2.05, 4.69) is 5.10 Å². The molecule has 0 radical (unpaired) electrons. The van der Waals surface area contributed by atoms with E-state index in [-0.39, 0.29) is 18.1 Å². The molecule has 2 aromatic rings. The van der Waals surface area contributed by atoms with Crippen LogP contribution in [0.25, 0.3) is 0 Å². The largest absolute Gasteiger partial charge is 0.496 e. The van der Waals surface area contributed by atoms with E-state index in [0.29, 0.717) is 13.0 Å². The fourth-order valence-electron chi connectivity index (χ4n) is 2.58. The molecule has 0 unspecified atom stereocenters. The molecule has 0 bridgehead atoms. The summed E-state index contributed by atoms with van der Waals surface area (Å²) in [6.07, 6.45) is 0.901. The average Bonchev–Trinajstić information content (AvgIpc) is 3.07. The summed E-state index contributed by atoms with van der Waals surface area (Å²) < 4.78 is 18.2. The van der Waals surface area contributed by atoms with Crippen molar-refractivity contribution in [2.24, 2.45) is 5.10 Å². The highest BCUT2D eigenvalue weighted by atomic mass is 19.1. The summed E-state index contributed by atoms with van der Waals surface area (Å²) in [5.41, 5.74) is 2.53. The van der Waals surface area contributed by atoms with Gasteiger partial charge in [-0.1, -0.05) is 24.3 Å². The van der Waals surface area contributed by atoms with Crippen molar-refractivity contribution in [1.29, 1.82) is 0 Å². The van der Waals surface area contributed by atoms with E-state index in [4.69, 9.17) is 4.74 Å². The number of rotatable bonds is 4. The molecule has 0 spiro atoms. The molecular formula is C18H17FN2O2. The van der Waals surface area contributed by atoms with Gasteiger partial charge in [0.05, 0.1) is 25.8 Å². The van der Waals surface area contributed by atoms with Gasteiger partial charge in [-0.05, 0) is 29.8 Å². The summed E-state index contributed by atoms with van der Waals surface area (Å²) in [5, 5.41) is 5.90. The van der Waals surface area contributed by atoms with E-state index in [1.165, 1.54) is 17.1 Å². The molecule has 118 valence electrons. The van der Waals surface area contributed by atoms with Crippen molar-refractivity contribution in [3.8, 4) is 5.75 Å². The quantitative estimate of drug-likeness (QED) is 0.871. The zero-order valence-electron chi connectivity index (χ0n) is 12.8. The van der Waals surface area contributed by atoms with Crippen molar-refractivity contribution >= 4 is 11.6 Å². The van der Waals surface area contributed by atoms with Gasteiger partial charge >= 0.3 is 0 Å². The summed E-state index contributed by atoms with van der Waals surface area (Å²) in [7, 11) is 1.62. The van der Waals surface area contributed by atoms with E-state index in [1.54, 1.807) is 19.2 Å². The Morgan fingerprint density at radius 2 is 1.96 bits per heavy atom. The van der Waals surface area contributed by atoms with E-state index >= 15 is 0 Å². The molecule has 0 atom stereocenters. The maximum absolute atomic E-state index is 12.9. The second-order valence-corrected chi connectivity index (χ2v) is 5.32. The summed E-state index contributed by atoms with van der Waals surface area (Å²) in [5.74, 6) is 0.347. The fourth-order valence-corrected chi connectivity index (χ4v) is 2.58. The zero-order valence-corrected chi connectivity index (χ0v) is 12.8. The molecule has 1 amide bonds. The zero-order chi connectivity index (χ0) is 16.2. The van der Waals surface area contributed by atoms with Crippen LogP contribution in [0.4, 0.5) is 4.39 Å². The van der Waals surface area contributed by atoms with Gasteiger partial charge in [0.15, 0.2) is 0 Å². The van der Waals surface area contributed by atoms with Gasteiger partial charge in [0.25, 0.3) is 0 Å². The Morgan fingerprint density at radius 3 is 2.70 bits per heavy atom. The molecule has 0 aliphatic carbocycles. The lowest BCUT2D eigenvalue weighted by Gasteiger charge is -2.11. The SMILES string of the molecule is COc1ccccc1C1=NN(C(=O)Cc2ccc(F)cc2)CC1. The highest BCUT2D eigenvalue weighted by molar-refractivity contribution is 6.04. The normalized spacial score (nSPS) is 13.8. The van der Waals surface area contributed by atoms with Gasteiger partial charge in [-0.2, -0.15) is 5.10 Å². The molecule has 5 heteroatoms. The molecule has 0 fully saturated rings. The molecular weight excluding hydrogens is 295 g/mol. The number of para-hydroxylation sites is 1. The Bertz CT molecular complexity index is 741. The average molecular weight is 312 g/mol. The summed E-state index contributed by atoms with van der Waals surface area (Å²) in [4.78, 5) is 12.3. The Morgan fingerprint density at radius 1 is 1.22 bits per heavy atom. The number of benzene rings is 2. The van der Waals surface area contributed by atoms with Gasteiger partial charge in [-0.25, -0.2) is 9.40 Å². The van der Waals surface area contributed by atoms with Crippen LogP contribution in [0.15, 0.2) is 53.6 Å². The van der Waals surface area contributed by atoms with Crippen LogP contribution in [-0.4, -0.2) is 30.3 Å². The molecule has 0 aromatic heterocycles.